The van der Waals surface area contributed by atoms with Crippen LogP contribution in [0.5, 0.6) is 17.2 Å². The van der Waals surface area contributed by atoms with Gasteiger partial charge in [-0.05, 0) is 12.1 Å². The molecule has 15 heavy (non-hydrogen) atoms. The highest BCUT2D eigenvalue weighted by Gasteiger charge is 2.18. The van der Waals surface area contributed by atoms with E-state index in [0.29, 0.717) is 30.3 Å². The fourth-order valence-electron chi connectivity index (χ4n) is 1.39. The molecular formula is C10H9NO4. The lowest BCUT2D eigenvalue weighted by Gasteiger charge is -2.19. The van der Waals surface area contributed by atoms with E-state index in [9.17, 15) is 9.90 Å². The number of fused-ring (bicyclic) bond motifs is 1. The Morgan fingerprint density at radius 1 is 1.40 bits per heavy atom. The minimum atomic E-state index is -0.0220. The number of phenols is 1. The topological polar surface area (TPSA) is 68.1 Å². The van der Waals surface area contributed by atoms with E-state index in [1.807, 2.05) is 0 Å². The van der Waals surface area contributed by atoms with Crippen LogP contribution in [-0.2, 0) is 11.3 Å². The molecule has 0 unspecified atom stereocenters. The molecule has 1 aliphatic heterocycles. The third-order valence-electron chi connectivity index (χ3n) is 2.08. The van der Waals surface area contributed by atoms with Gasteiger partial charge in [-0.2, -0.15) is 0 Å². The van der Waals surface area contributed by atoms with Crippen molar-refractivity contribution >= 4 is 6.08 Å². The Labute approximate surface area is 86.0 Å². The molecule has 5 nitrogen and oxygen atoms in total. The monoisotopic (exact) mass is 207 g/mol. The van der Waals surface area contributed by atoms with E-state index >= 15 is 0 Å². The number of carbonyl (C=O) groups excluding carboxylic acids is 1. The van der Waals surface area contributed by atoms with E-state index in [1.165, 1.54) is 6.08 Å². The highest BCUT2D eigenvalue weighted by atomic mass is 16.6. The first-order valence-electron chi connectivity index (χ1n) is 4.47. The van der Waals surface area contributed by atoms with Crippen LogP contribution in [0.1, 0.15) is 5.56 Å². The van der Waals surface area contributed by atoms with Crippen LogP contribution < -0.4 is 9.47 Å². The van der Waals surface area contributed by atoms with E-state index in [-0.39, 0.29) is 12.3 Å². The third-order valence-corrected chi connectivity index (χ3v) is 2.08. The Balaban J connectivity index is 2.38. The first-order chi connectivity index (χ1) is 7.33. The Morgan fingerprint density at radius 3 is 3.00 bits per heavy atom. The van der Waals surface area contributed by atoms with E-state index in [0.717, 1.165) is 0 Å². The van der Waals surface area contributed by atoms with Crippen molar-refractivity contribution in [2.75, 3.05) is 13.2 Å². The lowest BCUT2D eigenvalue weighted by molar-refractivity contribution is 0.165. The summed E-state index contributed by atoms with van der Waals surface area (Å²) in [6, 6.07) is 3.33. The second-order valence-electron chi connectivity index (χ2n) is 3.00. The molecule has 0 aromatic heterocycles. The first-order valence-corrected chi connectivity index (χ1v) is 4.47. The van der Waals surface area contributed by atoms with Crippen LogP contribution in [0, 0.1) is 0 Å². The van der Waals surface area contributed by atoms with E-state index < -0.39 is 0 Å². The Morgan fingerprint density at radius 2 is 2.20 bits per heavy atom. The van der Waals surface area contributed by atoms with Gasteiger partial charge in [0.1, 0.15) is 13.2 Å². The molecule has 0 bridgehead atoms. The van der Waals surface area contributed by atoms with Gasteiger partial charge >= 0.3 is 0 Å². The van der Waals surface area contributed by atoms with Crippen LogP contribution in [0.25, 0.3) is 0 Å². The zero-order valence-corrected chi connectivity index (χ0v) is 7.90. The molecule has 0 saturated carbocycles. The Bertz CT molecular complexity index is 424. The van der Waals surface area contributed by atoms with Crippen molar-refractivity contribution in [2.45, 2.75) is 6.54 Å². The molecule has 0 atom stereocenters. The van der Waals surface area contributed by atoms with Crippen molar-refractivity contribution in [2.24, 2.45) is 4.99 Å². The number of ether oxygens (including phenoxy) is 2. The van der Waals surface area contributed by atoms with Crippen molar-refractivity contribution in [1.82, 2.24) is 0 Å². The van der Waals surface area contributed by atoms with Gasteiger partial charge in [-0.15, -0.1) is 0 Å². The third kappa shape index (κ3) is 1.78. The van der Waals surface area contributed by atoms with Crippen molar-refractivity contribution in [3.05, 3.63) is 17.7 Å². The molecule has 0 spiro atoms. The van der Waals surface area contributed by atoms with E-state index in [2.05, 4.69) is 4.99 Å². The standard InChI is InChI=1S/C10H9NO4/c12-6-11-5-7-1-2-8-10(9(7)13)15-4-3-14-8/h1-2,13H,3-5H2. The van der Waals surface area contributed by atoms with Gasteiger partial charge in [0.05, 0.1) is 6.54 Å². The molecule has 1 heterocycles. The fourth-order valence-corrected chi connectivity index (χ4v) is 1.39. The van der Waals surface area contributed by atoms with Gasteiger partial charge in [-0.1, -0.05) is 0 Å². The SMILES string of the molecule is O=C=NCc1ccc2c(c1O)OCCO2. The number of isocyanates is 1. The maximum atomic E-state index is 9.95. The molecule has 1 aliphatic rings. The molecule has 0 saturated heterocycles. The average molecular weight is 207 g/mol. The van der Waals surface area contributed by atoms with Crippen molar-refractivity contribution in [3.8, 4) is 17.2 Å². The molecule has 0 aliphatic carbocycles. The lowest BCUT2D eigenvalue weighted by Crippen LogP contribution is -2.15. The quantitative estimate of drug-likeness (QED) is 0.580. The number of rotatable bonds is 2. The van der Waals surface area contributed by atoms with Crippen LogP contribution in [0.3, 0.4) is 0 Å². The molecule has 78 valence electrons. The molecule has 1 aromatic rings. The predicted molar refractivity (Wildman–Crippen MR) is 50.9 cm³/mol. The van der Waals surface area contributed by atoms with Crippen molar-refractivity contribution in [3.63, 3.8) is 0 Å². The summed E-state index contributed by atoms with van der Waals surface area (Å²) in [5.74, 6) is 0.809. The molecule has 1 N–H and O–H groups in total. The largest absolute Gasteiger partial charge is 0.504 e. The van der Waals surface area contributed by atoms with Gasteiger partial charge in [-0.25, -0.2) is 9.79 Å². The molecule has 0 fully saturated rings. The van der Waals surface area contributed by atoms with Gasteiger partial charge in [0.25, 0.3) is 0 Å². The molecule has 2 rings (SSSR count). The number of benzene rings is 1. The number of hydrogen-bond acceptors (Lipinski definition) is 5. The van der Waals surface area contributed by atoms with Crippen LogP contribution in [0.15, 0.2) is 17.1 Å². The maximum absolute atomic E-state index is 9.95. The van der Waals surface area contributed by atoms with Gasteiger partial charge in [0, 0.05) is 5.56 Å². The predicted octanol–water partition coefficient (Wildman–Crippen LogP) is 0.999. The summed E-state index contributed by atoms with van der Waals surface area (Å²) >= 11 is 0. The second kappa shape index (κ2) is 4.02. The molecule has 1 aromatic carbocycles. The van der Waals surface area contributed by atoms with Crippen LogP contribution >= 0.6 is 0 Å². The molecule has 0 amide bonds. The van der Waals surface area contributed by atoms with Crippen LogP contribution in [-0.4, -0.2) is 24.4 Å². The normalized spacial score (nSPS) is 13.1. The Kier molecular flexibility index (Phi) is 2.56. The Hall–Kier alpha value is -2.00. The van der Waals surface area contributed by atoms with E-state index in [4.69, 9.17) is 9.47 Å². The molecule has 5 heteroatoms. The fraction of sp³-hybridized carbons (Fsp3) is 0.300. The smallest absolute Gasteiger partial charge is 0.235 e. The van der Waals surface area contributed by atoms with E-state index in [1.54, 1.807) is 12.1 Å². The van der Waals surface area contributed by atoms with Gasteiger partial charge < -0.3 is 14.6 Å². The lowest BCUT2D eigenvalue weighted by atomic mass is 10.1. The van der Waals surface area contributed by atoms with Crippen LogP contribution in [0.4, 0.5) is 0 Å². The molecular weight excluding hydrogens is 198 g/mol. The highest BCUT2D eigenvalue weighted by molar-refractivity contribution is 5.55. The summed E-state index contributed by atoms with van der Waals surface area (Å²) in [6.45, 7) is 0.964. The number of aliphatic imine (C=N–C) groups is 1. The first kappa shape index (κ1) is 9.55. The van der Waals surface area contributed by atoms with Crippen LogP contribution in [0.2, 0.25) is 0 Å². The highest BCUT2D eigenvalue weighted by Crippen LogP contribution is 2.40. The number of nitrogens with zero attached hydrogens (tertiary/aromatic N) is 1. The number of hydrogen-bond donors (Lipinski definition) is 1. The summed E-state index contributed by atoms with van der Waals surface area (Å²) < 4.78 is 10.5. The zero-order chi connectivity index (χ0) is 10.7. The summed E-state index contributed by atoms with van der Waals surface area (Å²) in [5.41, 5.74) is 0.516. The summed E-state index contributed by atoms with van der Waals surface area (Å²) in [6.07, 6.45) is 1.42. The average Bonchev–Trinajstić information content (AvgIpc) is 2.29. The summed E-state index contributed by atoms with van der Waals surface area (Å²) in [5, 5.41) is 9.77. The van der Waals surface area contributed by atoms with Gasteiger partial charge in [0.15, 0.2) is 11.5 Å². The minimum Gasteiger partial charge on any atom is -0.504 e. The minimum absolute atomic E-state index is 0.0220. The second-order valence-corrected chi connectivity index (χ2v) is 3.00. The van der Waals surface area contributed by atoms with Gasteiger partial charge in [-0.3, -0.25) is 0 Å². The van der Waals surface area contributed by atoms with Crippen molar-refractivity contribution in [1.29, 1.82) is 0 Å². The molecule has 0 radical (unpaired) electrons. The summed E-state index contributed by atoms with van der Waals surface area (Å²) in [4.78, 5) is 13.3. The number of phenolic OH excluding ortho intramolecular Hbond substituents is 1. The van der Waals surface area contributed by atoms with Crippen molar-refractivity contribution < 1.29 is 19.4 Å². The summed E-state index contributed by atoms with van der Waals surface area (Å²) in [7, 11) is 0. The number of aromatic hydroxyl groups is 1. The zero-order valence-electron chi connectivity index (χ0n) is 7.90. The van der Waals surface area contributed by atoms with Gasteiger partial charge in [0.2, 0.25) is 11.8 Å². The maximum Gasteiger partial charge on any atom is 0.235 e.